The van der Waals surface area contributed by atoms with Gasteiger partial charge in [-0.15, -0.1) is 5.10 Å². The zero-order valence-corrected chi connectivity index (χ0v) is 14.5. The smallest absolute Gasteiger partial charge is 0.267 e. The molecule has 0 fully saturated rings. The lowest BCUT2D eigenvalue weighted by molar-refractivity contribution is 0.0788. The fourth-order valence-corrected chi connectivity index (χ4v) is 3.21. The molecule has 0 aliphatic carbocycles. The lowest BCUT2D eigenvalue weighted by atomic mass is 10.2. The molecule has 2 aromatic heterocycles. The molecular formula is C17H19N5OS. The molecule has 0 aliphatic heterocycles. The van der Waals surface area contributed by atoms with E-state index in [1.807, 2.05) is 36.0 Å². The van der Waals surface area contributed by atoms with Crippen LogP contribution in [0, 0.1) is 0 Å². The summed E-state index contributed by atoms with van der Waals surface area (Å²) in [6, 6.07) is 10.2. The zero-order valence-electron chi connectivity index (χ0n) is 13.7. The lowest BCUT2D eigenvalue weighted by Crippen LogP contribution is -2.26. The highest BCUT2D eigenvalue weighted by molar-refractivity contribution is 7.07. The second-order valence-electron chi connectivity index (χ2n) is 5.60. The Bertz CT molecular complexity index is 811. The lowest BCUT2D eigenvalue weighted by Gasteiger charge is -2.15. The number of carbonyl (C=O) groups excluding carboxylic acids is 1. The Morgan fingerprint density at radius 3 is 2.79 bits per heavy atom. The quantitative estimate of drug-likeness (QED) is 0.691. The van der Waals surface area contributed by atoms with Crippen molar-refractivity contribution in [2.75, 3.05) is 7.05 Å². The van der Waals surface area contributed by atoms with Gasteiger partial charge in [-0.1, -0.05) is 41.7 Å². The van der Waals surface area contributed by atoms with Gasteiger partial charge in [-0.05, 0) is 23.5 Å². The Morgan fingerprint density at radius 1 is 1.25 bits per heavy atom. The molecule has 0 N–H and O–H groups in total. The number of hydrogen-bond donors (Lipinski definition) is 0. The molecule has 2 heterocycles. The van der Waals surface area contributed by atoms with E-state index in [2.05, 4.69) is 26.8 Å². The first-order valence-corrected chi connectivity index (χ1v) is 8.56. The first-order valence-electron chi connectivity index (χ1n) is 7.79. The third kappa shape index (κ3) is 3.68. The maximum Gasteiger partial charge on any atom is 0.267 e. The van der Waals surface area contributed by atoms with Crippen LogP contribution in [0.5, 0.6) is 0 Å². The van der Waals surface area contributed by atoms with E-state index in [1.165, 1.54) is 5.56 Å². The van der Waals surface area contributed by atoms with Gasteiger partial charge in [0.1, 0.15) is 4.88 Å². The molecule has 24 heavy (non-hydrogen) atoms. The van der Waals surface area contributed by atoms with Gasteiger partial charge in [0, 0.05) is 25.4 Å². The molecule has 0 unspecified atom stereocenters. The monoisotopic (exact) mass is 341 g/mol. The number of aromatic nitrogens is 4. The summed E-state index contributed by atoms with van der Waals surface area (Å²) in [7, 11) is 1.79. The van der Waals surface area contributed by atoms with Crippen molar-refractivity contribution in [1.29, 1.82) is 0 Å². The normalized spacial score (nSPS) is 10.8. The van der Waals surface area contributed by atoms with Crippen LogP contribution in [0.25, 0.3) is 0 Å². The largest absolute Gasteiger partial charge is 0.336 e. The van der Waals surface area contributed by atoms with E-state index >= 15 is 0 Å². The van der Waals surface area contributed by atoms with E-state index in [0.29, 0.717) is 17.8 Å². The van der Waals surface area contributed by atoms with E-state index in [1.54, 1.807) is 18.1 Å². The first kappa shape index (κ1) is 16.3. The topological polar surface area (TPSA) is 63.9 Å². The highest BCUT2D eigenvalue weighted by atomic mass is 32.1. The highest BCUT2D eigenvalue weighted by Gasteiger charge is 2.19. The summed E-state index contributed by atoms with van der Waals surface area (Å²) in [6.07, 6.45) is 4.49. The van der Waals surface area contributed by atoms with Crippen molar-refractivity contribution in [3.63, 3.8) is 0 Å². The SMILES string of the molecule is CCc1nnsc1C(=O)N(C)Cc1cnn(Cc2ccccc2)c1. The summed E-state index contributed by atoms with van der Waals surface area (Å²) < 4.78 is 5.77. The summed E-state index contributed by atoms with van der Waals surface area (Å²) in [4.78, 5) is 14.8. The Hall–Kier alpha value is -2.54. The standard InChI is InChI=1S/C17H19N5OS/c1-3-15-16(24-20-19-15)17(23)21(2)10-14-9-18-22(12-14)11-13-7-5-4-6-8-13/h4-9,12H,3,10-11H2,1-2H3. The van der Waals surface area contributed by atoms with Gasteiger partial charge in [0.05, 0.1) is 18.4 Å². The number of benzene rings is 1. The maximum absolute atomic E-state index is 12.5. The molecule has 3 aromatic rings. The Kier molecular flexibility index (Phi) is 5.00. The number of hydrogen-bond acceptors (Lipinski definition) is 5. The predicted octanol–water partition coefficient (Wildman–Crippen LogP) is 2.62. The number of nitrogens with zero attached hydrogens (tertiary/aromatic N) is 5. The van der Waals surface area contributed by atoms with Gasteiger partial charge in [-0.3, -0.25) is 9.48 Å². The molecule has 0 atom stereocenters. The molecule has 0 aliphatic rings. The third-order valence-electron chi connectivity index (χ3n) is 3.73. The van der Waals surface area contributed by atoms with E-state index in [4.69, 9.17) is 0 Å². The van der Waals surface area contributed by atoms with Crippen molar-refractivity contribution >= 4 is 17.4 Å². The molecule has 124 valence electrons. The van der Waals surface area contributed by atoms with E-state index in [-0.39, 0.29) is 5.91 Å². The average Bonchev–Trinajstić information content (AvgIpc) is 3.24. The van der Waals surface area contributed by atoms with Crippen LogP contribution in [0.1, 0.15) is 33.4 Å². The second-order valence-corrected chi connectivity index (χ2v) is 6.35. The second kappa shape index (κ2) is 7.35. The molecule has 6 nitrogen and oxygen atoms in total. The molecule has 0 saturated carbocycles. The minimum atomic E-state index is -0.0438. The number of carbonyl (C=O) groups is 1. The van der Waals surface area contributed by atoms with Crippen LogP contribution in [0.15, 0.2) is 42.7 Å². The van der Waals surface area contributed by atoms with Gasteiger partial charge in [-0.2, -0.15) is 5.10 Å². The summed E-state index contributed by atoms with van der Waals surface area (Å²) in [5.41, 5.74) is 2.95. The van der Waals surface area contributed by atoms with E-state index in [9.17, 15) is 4.79 Å². The van der Waals surface area contributed by atoms with Crippen molar-refractivity contribution < 1.29 is 4.79 Å². The van der Waals surface area contributed by atoms with Crippen LogP contribution in [-0.4, -0.2) is 37.2 Å². The molecule has 7 heteroatoms. The third-order valence-corrected chi connectivity index (χ3v) is 4.48. The highest BCUT2D eigenvalue weighted by Crippen LogP contribution is 2.15. The van der Waals surface area contributed by atoms with Gasteiger partial charge >= 0.3 is 0 Å². The van der Waals surface area contributed by atoms with Crippen molar-refractivity contribution in [3.8, 4) is 0 Å². The van der Waals surface area contributed by atoms with Gasteiger partial charge in [0.15, 0.2) is 0 Å². The minimum Gasteiger partial charge on any atom is -0.336 e. The zero-order chi connectivity index (χ0) is 16.9. The molecule has 0 saturated heterocycles. The fourth-order valence-electron chi connectivity index (χ4n) is 2.47. The Morgan fingerprint density at radius 2 is 2.04 bits per heavy atom. The number of aryl methyl sites for hydroxylation is 1. The summed E-state index contributed by atoms with van der Waals surface area (Å²) in [5.74, 6) is -0.0438. The summed E-state index contributed by atoms with van der Waals surface area (Å²) in [6.45, 7) is 3.20. The van der Waals surface area contributed by atoms with Crippen LogP contribution >= 0.6 is 11.5 Å². The van der Waals surface area contributed by atoms with Gasteiger partial charge in [0.25, 0.3) is 5.91 Å². The maximum atomic E-state index is 12.5. The molecule has 0 spiro atoms. The van der Waals surface area contributed by atoms with E-state index in [0.717, 1.165) is 29.3 Å². The number of amides is 1. The molecule has 1 amide bonds. The van der Waals surface area contributed by atoms with Gasteiger partial charge in [-0.25, -0.2) is 0 Å². The summed E-state index contributed by atoms with van der Waals surface area (Å²) in [5, 5.41) is 8.38. The average molecular weight is 341 g/mol. The molecule has 0 bridgehead atoms. The van der Waals surface area contributed by atoms with Crippen molar-refractivity contribution in [2.24, 2.45) is 0 Å². The summed E-state index contributed by atoms with van der Waals surface area (Å²) >= 11 is 1.15. The van der Waals surface area contributed by atoms with Crippen molar-refractivity contribution in [3.05, 3.63) is 64.4 Å². The van der Waals surface area contributed by atoms with Gasteiger partial charge < -0.3 is 4.90 Å². The first-order chi connectivity index (χ1) is 11.7. The van der Waals surface area contributed by atoms with Crippen LogP contribution in [0.2, 0.25) is 0 Å². The van der Waals surface area contributed by atoms with Crippen LogP contribution in [0.4, 0.5) is 0 Å². The Labute approximate surface area is 144 Å². The predicted molar refractivity (Wildman–Crippen MR) is 92.9 cm³/mol. The number of rotatable bonds is 6. The van der Waals surface area contributed by atoms with Crippen LogP contribution in [0.3, 0.4) is 0 Å². The van der Waals surface area contributed by atoms with Crippen LogP contribution in [-0.2, 0) is 19.5 Å². The molecule has 1 aromatic carbocycles. The van der Waals surface area contributed by atoms with Crippen molar-refractivity contribution in [1.82, 2.24) is 24.3 Å². The fraction of sp³-hybridized carbons (Fsp3) is 0.294. The van der Waals surface area contributed by atoms with Crippen LogP contribution < -0.4 is 0 Å². The Balaban J connectivity index is 1.65. The van der Waals surface area contributed by atoms with Crippen molar-refractivity contribution in [2.45, 2.75) is 26.4 Å². The molecular weight excluding hydrogens is 322 g/mol. The molecule has 3 rings (SSSR count). The van der Waals surface area contributed by atoms with Gasteiger partial charge in [0.2, 0.25) is 0 Å². The molecule has 0 radical (unpaired) electrons. The minimum absolute atomic E-state index is 0.0438. The van der Waals surface area contributed by atoms with E-state index < -0.39 is 0 Å².